The van der Waals surface area contributed by atoms with Crippen LogP contribution in [0.25, 0.3) is 10.7 Å². The predicted octanol–water partition coefficient (Wildman–Crippen LogP) is 4.81. The van der Waals surface area contributed by atoms with Crippen LogP contribution in [0.1, 0.15) is 26.7 Å². The number of aromatic nitrogens is 2. The summed E-state index contributed by atoms with van der Waals surface area (Å²) in [4.78, 5) is 5.75. The molecule has 0 fully saturated rings. The lowest BCUT2D eigenvalue weighted by molar-refractivity contribution is 0.261. The average molecular weight is 327 g/mol. The van der Waals surface area contributed by atoms with Gasteiger partial charge in [0.2, 0.25) is 0 Å². The summed E-state index contributed by atoms with van der Waals surface area (Å²) in [6.07, 6.45) is 6.35. The van der Waals surface area contributed by atoms with E-state index in [9.17, 15) is 0 Å². The lowest BCUT2D eigenvalue weighted by atomic mass is 9.84. The summed E-state index contributed by atoms with van der Waals surface area (Å²) in [5.74, 6) is 1.09. The van der Waals surface area contributed by atoms with Crippen molar-refractivity contribution in [3.05, 3.63) is 29.9 Å². The lowest BCUT2D eigenvalue weighted by Gasteiger charge is -2.30. The zero-order chi connectivity index (χ0) is 13.0. The van der Waals surface area contributed by atoms with Crippen molar-refractivity contribution in [1.29, 1.82) is 0 Å². The van der Waals surface area contributed by atoms with Crippen LogP contribution < -0.4 is 0 Å². The summed E-state index contributed by atoms with van der Waals surface area (Å²) in [6.45, 7) is 5.57. The first-order chi connectivity index (χ1) is 8.74. The van der Waals surface area contributed by atoms with E-state index in [0.29, 0.717) is 5.41 Å². The van der Waals surface area contributed by atoms with E-state index in [2.05, 4.69) is 63.0 Å². The standard InChI is InChI=1S/C14H19BrN2S/c1-3-14(4-2,10-15)11-17-8-7-16-13(17)12-6-5-9-18-12/h5-9H,3-4,10-11H2,1-2H3. The third-order valence-electron chi connectivity index (χ3n) is 3.75. The van der Waals surface area contributed by atoms with Gasteiger partial charge in [0, 0.05) is 24.3 Å². The smallest absolute Gasteiger partial charge is 0.150 e. The van der Waals surface area contributed by atoms with Gasteiger partial charge in [-0.15, -0.1) is 11.3 Å². The second kappa shape index (κ2) is 6.02. The van der Waals surface area contributed by atoms with Crippen molar-refractivity contribution < 1.29 is 0 Å². The number of nitrogens with zero attached hydrogens (tertiary/aromatic N) is 2. The van der Waals surface area contributed by atoms with Crippen molar-refractivity contribution in [2.45, 2.75) is 33.2 Å². The summed E-state index contributed by atoms with van der Waals surface area (Å²) in [6, 6.07) is 4.22. The minimum Gasteiger partial charge on any atom is -0.330 e. The molecule has 18 heavy (non-hydrogen) atoms. The van der Waals surface area contributed by atoms with Crippen LogP contribution in [0, 0.1) is 5.41 Å². The van der Waals surface area contributed by atoms with Crippen LogP contribution >= 0.6 is 27.3 Å². The number of thiophene rings is 1. The molecular formula is C14H19BrN2S. The minimum atomic E-state index is 0.326. The minimum absolute atomic E-state index is 0.326. The van der Waals surface area contributed by atoms with Gasteiger partial charge in [-0.1, -0.05) is 35.8 Å². The van der Waals surface area contributed by atoms with E-state index in [1.54, 1.807) is 11.3 Å². The molecule has 0 aliphatic rings. The Bertz CT molecular complexity index is 463. The van der Waals surface area contributed by atoms with Crippen molar-refractivity contribution in [1.82, 2.24) is 9.55 Å². The van der Waals surface area contributed by atoms with Crippen molar-refractivity contribution >= 4 is 27.3 Å². The maximum atomic E-state index is 4.50. The second-order valence-electron chi connectivity index (χ2n) is 4.70. The molecule has 0 bridgehead atoms. The zero-order valence-electron chi connectivity index (χ0n) is 10.9. The molecule has 0 saturated carbocycles. The molecule has 4 heteroatoms. The van der Waals surface area contributed by atoms with Crippen molar-refractivity contribution in [2.24, 2.45) is 5.41 Å². The van der Waals surface area contributed by atoms with Gasteiger partial charge >= 0.3 is 0 Å². The highest BCUT2D eigenvalue weighted by Crippen LogP contribution is 2.33. The molecule has 0 radical (unpaired) electrons. The molecule has 0 amide bonds. The van der Waals surface area contributed by atoms with Crippen LogP contribution in [0.2, 0.25) is 0 Å². The van der Waals surface area contributed by atoms with Crippen molar-refractivity contribution in [3.63, 3.8) is 0 Å². The molecular weight excluding hydrogens is 308 g/mol. The third-order valence-corrected chi connectivity index (χ3v) is 5.80. The fourth-order valence-electron chi connectivity index (χ4n) is 2.13. The van der Waals surface area contributed by atoms with Crippen LogP contribution in [-0.2, 0) is 6.54 Å². The van der Waals surface area contributed by atoms with E-state index in [1.807, 2.05) is 6.20 Å². The fraction of sp³-hybridized carbons (Fsp3) is 0.500. The van der Waals surface area contributed by atoms with Gasteiger partial charge in [0.15, 0.2) is 0 Å². The summed E-state index contributed by atoms with van der Waals surface area (Å²) < 4.78 is 2.29. The van der Waals surface area contributed by atoms with Gasteiger partial charge in [-0.2, -0.15) is 0 Å². The monoisotopic (exact) mass is 326 g/mol. The number of alkyl halides is 1. The number of rotatable bonds is 6. The third kappa shape index (κ3) is 2.69. The second-order valence-corrected chi connectivity index (χ2v) is 6.21. The van der Waals surface area contributed by atoms with E-state index < -0.39 is 0 Å². The highest BCUT2D eigenvalue weighted by Gasteiger charge is 2.26. The molecule has 0 saturated heterocycles. The Labute approximate surface area is 121 Å². The Hall–Kier alpha value is -0.610. The van der Waals surface area contributed by atoms with Crippen molar-refractivity contribution in [3.8, 4) is 10.7 Å². The van der Waals surface area contributed by atoms with E-state index in [0.717, 1.165) is 17.7 Å². The van der Waals surface area contributed by atoms with Gasteiger partial charge < -0.3 is 4.57 Å². The largest absolute Gasteiger partial charge is 0.330 e. The van der Waals surface area contributed by atoms with Crippen LogP contribution in [-0.4, -0.2) is 14.9 Å². The molecule has 0 spiro atoms. The van der Waals surface area contributed by atoms with Crippen LogP contribution in [0.15, 0.2) is 29.9 Å². The normalized spacial score (nSPS) is 11.9. The van der Waals surface area contributed by atoms with Crippen LogP contribution in [0.3, 0.4) is 0 Å². The molecule has 0 N–H and O–H groups in total. The zero-order valence-corrected chi connectivity index (χ0v) is 13.3. The molecule has 2 aromatic rings. The number of hydrogen-bond donors (Lipinski definition) is 0. The first kappa shape index (κ1) is 13.8. The summed E-state index contributed by atoms with van der Waals surface area (Å²) >= 11 is 5.43. The number of halogens is 1. The molecule has 0 atom stereocenters. The topological polar surface area (TPSA) is 17.8 Å². The maximum absolute atomic E-state index is 4.50. The summed E-state index contributed by atoms with van der Waals surface area (Å²) in [5.41, 5.74) is 0.326. The number of imidazole rings is 1. The van der Waals surface area contributed by atoms with Gasteiger partial charge in [-0.25, -0.2) is 4.98 Å². The molecule has 2 rings (SSSR count). The van der Waals surface area contributed by atoms with E-state index in [-0.39, 0.29) is 0 Å². The Kier molecular flexibility index (Phi) is 4.62. The van der Waals surface area contributed by atoms with E-state index >= 15 is 0 Å². The molecule has 0 aromatic carbocycles. The summed E-state index contributed by atoms with van der Waals surface area (Å²) in [5, 5.41) is 3.14. The molecule has 0 unspecified atom stereocenters. The van der Waals surface area contributed by atoms with Crippen LogP contribution in [0.5, 0.6) is 0 Å². The summed E-state index contributed by atoms with van der Waals surface area (Å²) in [7, 11) is 0. The molecule has 0 aliphatic carbocycles. The van der Waals surface area contributed by atoms with Gasteiger partial charge in [0.05, 0.1) is 4.88 Å². The molecule has 0 aliphatic heterocycles. The quantitative estimate of drug-likeness (QED) is 0.696. The van der Waals surface area contributed by atoms with Gasteiger partial charge in [-0.3, -0.25) is 0 Å². The first-order valence-electron chi connectivity index (χ1n) is 6.35. The van der Waals surface area contributed by atoms with Crippen LogP contribution in [0.4, 0.5) is 0 Å². The van der Waals surface area contributed by atoms with E-state index in [4.69, 9.17) is 0 Å². The van der Waals surface area contributed by atoms with E-state index in [1.165, 1.54) is 17.7 Å². The van der Waals surface area contributed by atoms with Gasteiger partial charge in [0.25, 0.3) is 0 Å². The van der Waals surface area contributed by atoms with Gasteiger partial charge in [-0.05, 0) is 29.7 Å². The maximum Gasteiger partial charge on any atom is 0.150 e. The van der Waals surface area contributed by atoms with Gasteiger partial charge in [0.1, 0.15) is 5.82 Å². The SMILES string of the molecule is CCC(CC)(CBr)Cn1ccnc1-c1cccs1. The first-order valence-corrected chi connectivity index (χ1v) is 8.36. The molecule has 98 valence electrons. The Morgan fingerprint density at radius 1 is 1.39 bits per heavy atom. The number of hydrogen-bond acceptors (Lipinski definition) is 2. The highest BCUT2D eigenvalue weighted by molar-refractivity contribution is 9.09. The average Bonchev–Trinajstić information content (AvgIpc) is 3.06. The molecule has 2 heterocycles. The Morgan fingerprint density at radius 2 is 2.17 bits per heavy atom. The predicted molar refractivity (Wildman–Crippen MR) is 82.3 cm³/mol. The molecule has 2 aromatic heterocycles. The highest BCUT2D eigenvalue weighted by atomic mass is 79.9. The fourth-order valence-corrected chi connectivity index (χ4v) is 3.84. The lowest BCUT2D eigenvalue weighted by Crippen LogP contribution is -2.27. The Morgan fingerprint density at radius 3 is 2.72 bits per heavy atom. The van der Waals surface area contributed by atoms with Crippen molar-refractivity contribution in [2.75, 3.05) is 5.33 Å². The molecule has 2 nitrogen and oxygen atoms in total. The Balaban J connectivity index is 2.27.